The van der Waals surface area contributed by atoms with Gasteiger partial charge in [-0.05, 0) is 50.6 Å². The Morgan fingerprint density at radius 3 is 2.68 bits per heavy atom. The summed E-state index contributed by atoms with van der Waals surface area (Å²) in [5, 5.41) is 9.29. The van der Waals surface area contributed by atoms with Gasteiger partial charge in [-0.25, -0.2) is 4.52 Å². The largest absolute Gasteiger partial charge is 0.494 e. The van der Waals surface area contributed by atoms with Gasteiger partial charge in [0.05, 0.1) is 12.3 Å². The fourth-order valence-electron chi connectivity index (χ4n) is 3.06. The van der Waals surface area contributed by atoms with Crippen molar-refractivity contribution in [2.45, 2.75) is 20.8 Å². The number of hydrogen-bond acceptors (Lipinski definition) is 5. The second kappa shape index (κ2) is 7.44. The fraction of sp³-hybridized carbons (Fsp3) is 0.190. The van der Waals surface area contributed by atoms with E-state index in [9.17, 15) is 4.79 Å². The van der Waals surface area contributed by atoms with Gasteiger partial charge >= 0.3 is 0 Å². The number of thiazole rings is 1. The van der Waals surface area contributed by atoms with E-state index in [0.29, 0.717) is 12.2 Å². The van der Waals surface area contributed by atoms with Gasteiger partial charge in [-0.1, -0.05) is 23.8 Å². The lowest BCUT2D eigenvalue weighted by molar-refractivity contribution is 0.102. The van der Waals surface area contributed by atoms with Crippen LogP contribution in [0.1, 0.15) is 28.4 Å². The Hall–Kier alpha value is -3.19. The third-order valence-corrected chi connectivity index (χ3v) is 5.21. The molecule has 1 N–H and O–H groups in total. The van der Waals surface area contributed by atoms with Crippen molar-refractivity contribution in [1.29, 1.82) is 0 Å². The summed E-state index contributed by atoms with van der Waals surface area (Å²) in [5.41, 5.74) is 4.98. The first kappa shape index (κ1) is 18.2. The van der Waals surface area contributed by atoms with Crippen molar-refractivity contribution in [3.63, 3.8) is 0 Å². The quantitative estimate of drug-likeness (QED) is 0.533. The van der Waals surface area contributed by atoms with Crippen molar-refractivity contribution < 1.29 is 9.53 Å². The van der Waals surface area contributed by atoms with Gasteiger partial charge in [0.2, 0.25) is 4.96 Å². The minimum atomic E-state index is -0.255. The van der Waals surface area contributed by atoms with Crippen LogP contribution in [0.25, 0.3) is 16.2 Å². The van der Waals surface area contributed by atoms with Crippen LogP contribution in [-0.2, 0) is 0 Å². The maximum Gasteiger partial charge on any atom is 0.258 e. The third-order valence-electron chi connectivity index (χ3n) is 4.39. The number of nitrogens with one attached hydrogen (secondary N) is 1. The first-order valence-electron chi connectivity index (χ1n) is 9.01. The van der Waals surface area contributed by atoms with Gasteiger partial charge in [0, 0.05) is 16.5 Å². The van der Waals surface area contributed by atoms with E-state index in [1.807, 2.05) is 12.3 Å². The maximum atomic E-state index is 12.5. The van der Waals surface area contributed by atoms with E-state index in [0.717, 1.165) is 22.0 Å². The second-order valence-electron chi connectivity index (χ2n) is 6.48. The van der Waals surface area contributed by atoms with Crippen LogP contribution in [0.4, 0.5) is 5.95 Å². The molecular weight excluding hydrogens is 372 g/mol. The summed E-state index contributed by atoms with van der Waals surface area (Å²) in [6.07, 6.45) is 0. The molecule has 0 spiro atoms. The van der Waals surface area contributed by atoms with Crippen LogP contribution in [0, 0.1) is 13.8 Å². The SMILES string of the molecule is CCOc1ccc(C(=O)Nc2nc3scc(-c4ccc(C)cc4C)n3n2)cc1. The molecule has 28 heavy (non-hydrogen) atoms. The molecule has 0 aliphatic heterocycles. The molecule has 0 aliphatic carbocycles. The number of carbonyl (C=O) groups excluding carboxylic acids is 1. The van der Waals surface area contributed by atoms with E-state index < -0.39 is 0 Å². The minimum Gasteiger partial charge on any atom is -0.494 e. The predicted octanol–water partition coefficient (Wildman–Crippen LogP) is 4.73. The average Bonchev–Trinajstić information content (AvgIpc) is 3.23. The van der Waals surface area contributed by atoms with Crippen molar-refractivity contribution in [2.75, 3.05) is 11.9 Å². The zero-order chi connectivity index (χ0) is 19.7. The molecule has 0 bridgehead atoms. The van der Waals surface area contributed by atoms with Gasteiger partial charge in [-0.3, -0.25) is 10.1 Å². The number of nitrogens with zero attached hydrogens (tertiary/aromatic N) is 3. The zero-order valence-electron chi connectivity index (χ0n) is 15.9. The summed E-state index contributed by atoms with van der Waals surface area (Å²) in [6, 6.07) is 13.3. The van der Waals surface area contributed by atoms with Gasteiger partial charge in [0.15, 0.2) is 0 Å². The number of ether oxygens (including phenoxy) is 1. The number of aromatic nitrogens is 3. The summed E-state index contributed by atoms with van der Waals surface area (Å²) in [6.45, 7) is 6.66. The van der Waals surface area contributed by atoms with Crippen LogP contribution in [-0.4, -0.2) is 27.1 Å². The molecule has 2 aromatic carbocycles. The smallest absolute Gasteiger partial charge is 0.258 e. The lowest BCUT2D eigenvalue weighted by Gasteiger charge is -2.05. The molecular formula is C21H20N4O2S. The molecule has 0 saturated carbocycles. The standard InChI is InChI=1S/C21H20N4O2S/c1-4-27-16-8-6-15(7-9-16)19(26)22-20-23-21-25(24-20)18(12-28-21)17-10-5-13(2)11-14(17)3/h5-12H,4H2,1-3H3,(H,22,24,26). The normalized spacial score (nSPS) is 11.0. The van der Waals surface area contributed by atoms with Crippen LogP contribution in [0.2, 0.25) is 0 Å². The van der Waals surface area contributed by atoms with Crippen molar-refractivity contribution in [2.24, 2.45) is 0 Å². The van der Waals surface area contributed by atoms with E-state index in [4.69, 9.17) is 4.74 Å². The number of benzene rings is 2. The number of hydrogen-bond donors (Lipinski definition) is 1. The summed E-state index contributed by atoms with van der Waals surface area (Å²) in [7, 11) is 0. The monoisotopic (exact) mass is 392 g/mol. The summed E-state index contributed by atoms with van der Waals surface area (Å²) in [4.78, 5) is 17.7. The molecule has 142 valence electrons. The van der Waals surface area contributed by atoms with Gasteiger partial charge in [-0.15, -0.1) is 16.4 Å². The van der Waals surface area contributed by atoms with E-state index in [-0.39, 0.29) is 11.9 Å². The molecule has 6 nitrogen and oxygen atoms in total. The predicted molar refractivity (Wildman–Crippen MR) is 111 cm³/mol. The van der Waals surface area contributed by atoms with Crippen molar-refractivity contribution in [3.05, 3.63) is 64.5 Å². The molecule has 4 rings (SSSR count). The summed E-state index contributed by atoms with van der Waals surface area (Å²) in [5.74, 6) is 0.768. The average molecular weight is 392 g/mol. The maximum absolute atomic E-state index is 12.5. The summed E-state index contributed by atoms with van der Waals surface area (Å²) < 4.78 is 7.18. The number of carbonyl (C=O) groups is 1. The molecule has 1 amide bonds. The Kier molecular flexibility index (Phi) is 4.83. The van der Waals surface area contributed by atoms with Crippen LogP contribution >= 0.6 is 11.3 Å². The Balaban J connectivity index is 1.58. The topological polar surface area (TPSA) is 68.5 Å². The third kappa shape index (κ3) is 3.48. The van der Waals surface area contributed by atoms with Crippen LogP contribution in [0.3, 0.4) is 0 Å². The van der Waals surface area contributed by atoms with Gasteiger partial charge in [0.25, 0.3) is 11.9 Å². The zero-order valence-corrected chi connectivity index (χ0v) is 16.7. The Bertz CT molecular complexity index is 1150. The molecule has 7 heteroatoms. The van der Waals surface area contributed by atoms with Gasteiger partial charge in [0.1, 0.15) is 5.75 Å². The number of aryl methyl sites for hydroxylation is 2. The number of anilines is 1. The molecule has 0 fully saturated rings. The number of fused-ring (bicyclic) bond motifs is 1. The van der Waals surface area contributed by atoms with Crippen LogP contribution in [0.15, 0.2) is 47.8 Å². The number of rotatable bonds is 5. The first-order chi connectivity index (χ1) is 13.5. The van der Waals surface area contributed by atoms with E-state index >= 15 is 0 Å². The lowest BCUT2D eigenvalue weighted by atomic mass is 10.0. The molecule has 4 aromatic rings. The minimum absolute atomic E-state index is 0.255. The highest BCUT2D eigenvalue weighted by Gasteiger charge is 2.15. The Labute approximate surface area is 166 Å². The molecule has 0 radical (unpaired) electrons. The molecule has 0 atom stereocenters. The van der Waals surface area contributed by atoms with Crippen molar-refractivity contribution in [3.8, 4) is 17.0 Å². The fourth-order valence-corrected chi connectivity index (χ4v) is 3.89. The van der Waals surface area contributed by atoms with Gasteiger partial charge in [-0.2, -0.15) is 4.98 Å². The molecule has 0 aliphatic rings. The molecule has 0 unspecified atom stereocenters. The highest BCUT2D eigenvalue weighted by molar-refractivity contribution is 7.15. The van der Waals surface area contributed by atoms with E-state index in [1.54, 1.807) is 28.8 Å². The molecule has 2 aromatic heterocycles. The van der Waals surface area contributed by atoms with Crippen molar-refractivity contribution >= 4 is 28.2 Å². The van der Waals surface area contributed by atoms with Crippen molar-refractivity contribution in [1.82, 2.24) is 14.6 Å². The highest BCUT2D eigenvalue weighted by atomic mass is 32.1. The number of amides is 1. The molecule has 0 saturated heterocycles. The highest BCUT2D eigenvalue weighted by Crippen LogP contribution is 2.29. The second-order valence-corrected chi connectivity index (χ2v) is 7.32. The van der Waals surface area contributed by atoms with Crippen LogP contribution in [0.5, 0.6) is 5.75 Å². The van der Waals surface area contributed by atoms with Gasteiger partial charge < -0.3 is 4.74 Å². The summed E-state index contributed by atoms with van der Waals surface area (Å²) >= 11 is 1.49. The Morgan fingerprint density at radius 2 is 1.96 bits per heavy atom. The van der Waals surface area contributed by atoms with E-state index in [2.05, 4.69) is 47.4 Å². The van der Waals surface area contributed by atoms with Crippen LogP contribution < -0.4 is 10.1 Å². The Morgan fingerprint density at radius 1 is 1.18 bits per heavy atom. The lowest BCUT2D eigenvalue weighted by Crippen LogP contribution is -2.13. The van der Waals surface area contributed by atoms with E-state index in [1.165, 1.54) is 22.5 Å². The molecule has 2 heterocycles. The first-order valence-corrected chi connectivity index (χ1v) is 9.89.